The third-order valence-electron chi connectivity index (χ3n) is 3.04. The molecule has 0 spiro atoms. The second-order valence-corrected chi connectivity index (χ2v) is 5.14. The van der Waals surface area contributed by atoms with Crippen molar-refractivity contribution < 1.29 is 4.39 Å². The molecular weight excluding hydrogens is 271 g/mol. The molecule has 3 aromatic rings. The maximum Gasteiger partial charge on any atom is 0.166 e. The molecule has 100 valence electrons. The van der Waals surface area contributed by atoms with Crippen molar-refractivity contribution in [1.29, 1.82) is 0 Å². The van der Waals surface area contributed by atoms with Gasteiger partial charge in [-0.2, -0.15) is 0 Å². The fourth-order valence-corrected chi connectivity index (χ4v) is 2.49. The van der Waals surface area contributed by atoms with Gasteiger partial charge in [-0.15, -0.1) is 0 Å². The highest BCUT2D eigenvalue weighted by Crippen LogP contribution is 2.32. The van der Waals surface area contributed by atoms with Gasteiger partial charge >= 0.3 is 0 Å². The Balaban J connectivity index is 2.18. The van der Waals surface area contributed by atoms with Gasteiger partial charge in [-0.25, -0.2) is 9.37 Å². The number of thioether (sulfide) groups is 1. The minimum atomic E-state index is -0.254. The smallest absolute Gasteiger partial charge is 0.166 e. The number of H-pyrrole nitrogens is 1. The summed E-state index contributed by atoms with van der Waals surface area (Å²) in [6, 6.07) is 16.5. The summed E-state index contributed by atoms with van der Waals surface area (Å²) in [6.07, 6.45) is 1.96. The molecular formula is C16H13FN2S. The molecule has 2 nitrogen and oxygen atoms in total. The number of nitrogens with one attached hydrogen (secondary N) is 1. The van der Waals surface area contributed by atoms with Crippen LogP contribution in [0.25, 0.3) is 22.5 Å². The molecule has 0 amide bonds. The van der Waals surface area contributed by atoms with Crippen molar-refractivity contribution in [2.75, 3.05) is 6.26 Å². The Labute approximate surface area is 121 Å². The first kappa shape index (κ1) is 12.9. The minimum Gasteiger partial charge on any atom is -0.332 e. The molecule has 0 bridgehead atoms. The molecule has 0 fully saturated rings. The Morgan fingerprint density at radius 1 is 1.00 bits per heavy atom. The Morgan fingerprint density at radius 2 is 1.75 bits per heavy atom. The van der Waals surface area contributed by atoms with E-state index in [4.69, 9.17) is 0 Å². The van der Waals surface area contributed by atoms with Gasteiger partial charge in [0.05, 0.1) is 11.4 Å². The fourth-order valence-electron chi connectivity index (χ4n) is 2.11. The van der Waals surface area contributed by atoms with Gasteiger partial charge in [-0.1, -0.05) is 54.2 Å². The Morgan fingerprint density at radius 3 is 2.45 bits per heavy atom. The van der Waals surface area contributed by atoms with Gasteiger partial charge in [0.25, 0.3) is 0 Å². The first-order valence-electron chi connectivity index (χ1n) is 6.23. The SMILES string of the molecule is CSc1nc(-c2cccc(F)c2)c(-c2ccccc2)[nH]1. The number of aromatic amines is 1. The van der Waals surface area contributed by atoms with E-state index >= 15 is 0 Å². The monoisotopic (exact) mass is 284 g/mol. The van der Waals surface area contributed by atoms with Gasteiger partial charge in [0.1, 0.15) is 5.82 Å². The Kier molecular flexibility index (Phi) is 3.56. The van der Waals surface area contributed by atoms with Crippen LogP contribution in [-0.4, -0.2) is 16.2 Å². The summed E-state index contributed by atoms with van der Waals surface area (Å²) in [5.74, 6) is -0.254. The van der Waals surface area contributed by atoms with E-state index in [0.717, 1.165) is 27.7 Å². The van der Waals surface area contributed by atoms with Gasteiger partial charge in [0, 0.05) is 11.1 Å². The maximum absolute atomic E-state index is 13.4. The Bertz CT molecular complexity index is 722. The molecule has 0 aliphatic carbocycles. The first-order valence-corrected chi connectivity index (χ1v) is 7.46. The van der Waals surface area contributed by atoms with E-state index in [0.29, 0.717) is 0 Å². The molecule has 0 unspecified atom stereocenters. The quantitative estimate of drug-likeness (QED) is 0.712. The van der Waals surface area contributed by atoms with Crippen molar-refractivity contribution in [2.45, 2.75) is 5.16 Å². The molecule has 0 radical (unpaired) electrons. The Hall–Kier alpha value is -2.07. The normalized spacial score (nSPS) is 10.7. The molecule has 2 aromatic carbocycles. The number of benzene rings is 2. The van der Waals surface area contributed by atoms with Crippen LogP contribution in [-0.2, 0) is 0 Å². The lowest BCUT2D eigenvalue weighted by Gasteiger charge is -2.03. The summed E-state index contributed by atoms with van der Waals surface area (Å²) < 4.78 is 13.4. The predicted molar refractivity (Wildman–Crippen MR) is 81.2 cm³/mol. The predicted octanol–water partition coefficient (Wildman–Crippen LogP) is 4.60. The highest BCUT2D eigenvalue weighted by molar-refractivity contribution is 7.98. The van der Waals surface area contributed by atoms with Crippen molar-refractivity contribution in [1.82, 2.24) is 9.97 Å². The van der Waals surface area contributed by atoms with Crippen molar-refractivity contribution in [3.63, 3.8) is 0 Å². The molecule has 20 heavy (non-hydrogen) atoms. The number of imidazole rings is 1. The molecule has 1 N–H and O–H groups in total. The molecule has 3 rings (SSSR count). The van der Waals surface area contributed by atoms with E-state index in [1.807, 2.05) is 42.7 Å². The van der Waals surface area contributed by atoms with Crippen LogP contribution < -0.4 is 0 Å². The van der Waals surface area contributed by atoms with E-state index in [-0.39, 0.29) is 5.82 Å². The molecule has 0 saturated carbocycles. The first-order chi connectivity index (χ1) is 9.78. The van der Waals surface area contributed by atoms with Gasteiger partial charge in [-0.05, 0) is 18.4 Å². The zero-order valence-electron chi connectivity index (χ0n) is 10.9. The molecule has 4 heteroatoms. The standard InChI is InChI=1S/C16H13FN2S/c1-20-16-18-14(11-6-3-2-4-7-11)15(19-16)12-8-5-9-13(17)10-12/h2-10H,1H3,(H,18,19). The number of halogens is 1. The number of hydrogen-bond acceptors (Lipinski definition) is 2. The number of rotatable bonds is 3. The van der Waals surface area contributed by atoms with E-state index in [2.05, 4.69) is 9.97 Å². The topological polar surface area (TPSA) is 28.7 Å². The second kappa shape index (κ2) is 5.51. The summed E-state index contributed by atoms with van der Waals surface area (Å²) >= 11 is 1.54. The van der Waals surface area contributed by atoms with Crippen molar-refractivity contribution in [3.8, 4) is 22.5 Å². The van der Waals surface area contributed by atoms with E-state index in [1.165, 1.54) is 23.9 Å². The third kappa shape index (κ3) is 2.47. The van der Waals surface area contributed by atoms with Crippen molar-refractivity contribution in [2.24, 2.45) is 0 Å². The molecule has 0 aliphatic heterocycles. The van der Waals surface area contributed by atoms with Crippen LogP contribution in [0.2, 0.25) is 0 Å². The molecule has 1 heterocycles. The van der Waals surface area contributed by atoms with E-state index < -0.39 is 0 Å². The van der Waals surface area contributed by atoms with Crippen LogP contribution in [0.4, 0.5) is 4.39 Å². The zero-order valence-corrected chi connectivity index (χ0v) is 11.7. The third-order valence-corrected chi connectivity index (χ3v) is 3.62. The highest BCUT2D eigenvalue weighted by atomic mass is 32.2. The summed E-state index contributed by atoms with van der Waals surface area (Å²) in [5.41, 5.74) is 3.51. The van der Waals surface area contributed by atoms with Gasteiger partial charge in [-0.3, -0.25) is 0 Å². The zero-order chi connectivity index (χ0) is 13.9. The van der Waals surface area contributed by atoms with Crippen LogP contribution in [0.15, 0.2) is 59.8 Å². The van der Waals surface area contributed by atoms with Crippen LogP contribution in [0.1, 0.15) is 0 Å². The largest absolute Gasteiger partial charge is 0.332 e. The van der Waals surface area contributed by atoms with E-state index in [1.54, 1.807) is 6.07 Å². The molecule has 0 aliphatic rings. The van der Waals surface area contributed by atoms with Crippen molar-refractivity contribution in [3.05, 3.63) is 60.4 Å². The average molecular weight is 284 g/mol. The number of hydrogen-bond donors (Lipinski definition) is 1. The van der Waals surface area contributed by atoms with Gasteiger partial charge in [0.2, 0.25) is 0 Å². The van der Waals surface area contributed by atoms with E-state index in [9.17, 15) is 4.39 Å². The number of nitrogens with zero attached hydrogens (tertiary/aromatic N) is 1. The lowest BCUT2D eigenvalue weighted by molar-refractivity contribution is 0.628. The summed E-state index contributed by atoms with van der Waals surface area (Å²) in [7, 11) is 0. The lowest BCUT2D eigenvalue weighted by Crippen LogP contribution is -1.84. The fraction of sp³-hybridized carbons (Fsp3) is 0.0625. The van der Waals surface area contributed by atoms with Crippen LogP contribution in [0, 0.1) is 5.82 Å². The summed E-state index contributed by atoms with van der Waals surface area (Å²) in [5, 5.41) is 0.822. The van der Waals surface area contributed by atoms with Crippen LogP contribution in [0.3, 0.4) is 0 Å². The molecule has 0 saturated heterocycles. The van der Waals surface area contributed by atoms with Gasteiger partial charge < -0.3 is 4.98 Å². The lowest BCUT2D eigenvalue weighted by atomic mass is 10.1. The maximum atomic E-state index is 13.4. The van der Waals surface area contributed by atoms with Gasteiger partial charge in [0.15, 0.2) is 5.16 Å². The summed E-state index contributed by atoms with van der Waals surface area (Å²) in [6.45, 7) is 0. The molecule has 0 atom stereocenters. The molecule has 1 aromatic heterocycles. The second-order valence-electron chi connectivity index (χ2n) is 4.35. The summed E-state index contributed by atoms with van der Waals surface area (Å²) in [4.78, 5) is 7.85. The minimum absolute atomic E-state index is 0.254. The van der Waals surface area contributed by atoms with Crippen LogP contribution >= 0.6 is 11.8 Å². The van der Waals surface area contributed by atoms with Crippen LogP contribution in [0.5, 0.6) is 0 Å². The highest BCUT2D eigenvalue weighted by Gasteiger charge is 2.13. The number of aromatic nitrogens is 2. The van der Waals surface area contributed by atoms with Crippen molar-refractivity contribution >= 4 is 11.8 Å². The average Bonchev–Trinajstić information content (AvgIpc) is 2.92.